The highest BCUT2D eigenvalue weighted by atomic mass is 16.5. The van der Waals surface area contributed by atoms with Gasteiger partial charge >= 0.3 is 6.03 Å². The number of nitrogens with zero attached hydrogens (tertiary/aromatic N) is 5. The lowest BCUT2D eigenvalue weighted by molar-refractivity contribution is -0.116. The number of likely N-dealkylation sites (tertiary alicyclic amines) is 2. The Balaban J connectivity index is 1.15. The number of carbonyl (C=O) groups excluding carboxylic acids is 2. The van der Waals surface area contributed by atoms with Crippen LogP contribution in [0.4, 0.5) is 10.5 Å². The predicted octanol–water partition coefficient (Wildman–Crippen LogP) is 3.70. The van der Waals surface area contributed by atoms with E-state index in [1.54, 1.807) is 26.6 Å². The Morgan fingerprint density at radius 3 is 2.36 bits per heavy atom. The molecule has 3 aromatic rings. The summed E-state index contributed by atoms with van der Waals surface area (Å²) in [5.41, 5.74) is 1.81. The molecule has 0 N–H and O–H groups in total. The van der Waals surface area contributed by atoms with Crippen molar-refractivity contribution < 1.29 is 19.1 Å². The van der Waals surface area contributed by atoms with Gasteiger partial charge < -0.3 is 19.3 Å². The molecule has 2 aromatic carbocycles. The van der Waals surface area contributed by atoms with Crippen molar-refractivity contribution in [3.8, 4) is 17.2 Å². The van der Waals surface area contributed by atoms with Gasteiger partial charge in [0.2, 0.25) is 5.91 Å². The quantitative estimate of drug-likeness (QED) is 0.525. The average Bonchev–Trinajstić information content (AvgIpc) is 3.59. The van der Waals surface area contributed by atoms with E-state index >= 15 is 0 Å². The number of ether oxygens (including phenoxy) is 2. The first-order valence-corrected chi connectivity index (χ1v) is 12.1. The molecule has 2 atom stereocenters. The second-order valence-corrected chi connectivity index (χ2v) is 9.55. The number of hydrogen-bond donors (Lipinski definition) is 0. The van der Waals surface area contributed by atoms with Gasteiger partial charge in [-0.2, -0.15) is 9.78 Å². The molecular formula is C27H31N5O4. The average molecular weight is 490 g/mol. The molecule has 2 fully saturated rings. The Kier molecular flexibility index (Phi) is 6.65. The molecule has 2 amide bonds. The van der Waals surface area contributed by atoms with Gasteiger partial charge in [-0.25, -0.2) is 4.79 Å². The van der Waals surface area contributed by atoms with E-state index in [1.807, 2.05) is 41.3 Å². The molecule has 2 saturated heterocycles. The normalized spacial score (nSPS) is 19.2. The lowest BCUT2D eigenvalue weighted by Crippen LogP contribution is -2.36. The summed E-state index contributed by atoms with van der Waals surface area (Å²) in [7, 11) is 3.32. The molecule has 0 bridgehead atoms. The van der Waals surface area contributed by atoms with Gasteiger partial charge in [0.05, 0.1) is 25.2 Å². The van der Waals surface area contributed by atoms with Crippen LogP contribution in [0, 0.1) is 11.8 Å². The number of hydrogen-bond acceptors (Lipinski definition) is 6. The minimum atomic E-state index is -0.137. The van der Waals surface area contributed by atoms with Crippen LogP contribution < -0.4 is 14.4 Å². The summed E-state index contributed by atoms with van der Waals surface area (Å²) in [4.78, 5) is 30.4. The summed E-state index contributed by atoms with van der Waals surface area (Å²) in [6, 6.07) is 15.6. The van der Waals surface area contributed by atoms with Crippen LogP contribution in [0.5, 0.6) is 17.2 Å². The first-order valence-electron chi connectivity index (χ1n) is 12.1. The van der Waals surface area contributed by atoms with Crippen molar-refractivity contribution in [2.24, 2.45) is 11.8 Å². The number of benzene rings is 2. The number of rotatable bonds is 6. The van der Waals surface area contributed by atoms with Crippen molar-refractivity contribution in [2.45, 2.75) is 13.5 Å². The van der Waals surface area contributed by atoms with Crippen molar-refractivity contribution in [3.63, 3.8) is 0 Å². The van der Waals surface area contributed by atoms with Crippen molar-refractivity contribution in [2.75, 3.05) is 45.2 Å². The largest absolute Gasteiger partial charge is 0.497 e. The summed E-state index contributed by atoms with van der Waals surface area (Å²) in [5, 5.41) is 4.18. The number of aromatic nitrogens is 2. The van der Waals surface area contributed by atoms with Crippen LogP contribution in [-0.2, 0) is 11.3 Å². The van der Waals surface area contributed by atoms with Crippen LogP contribution in [0.25, 0.3) is 0 Å². The fourth-order valence-electron chi connectivity index (χ4n) is 5.04. The second kappa shape index (κ2) is 10.0. The van der Waals surface area contributed by atoms with Gasteiger partial charge in [-0.1, -0.05) is 12.1 Å². The zero-order chi connectivity index (χ0) is 25.2. The number of methoxy groups -OCH3 is 1. The summed E-state index contributed by atoms with van der Waals surface area (Å²) in [6.45, 7) is 5.68. The van der Waals surface area contributed by atoms with Gasteiger partial charge in [0.1, 0.15) is 17.2 Å². The topological polar surface area (TPSA) is 80.1 Å². The Labute approximate surface area is 210 Å². The van der Waals surface area contributed by atoms with E-state index in [4.69, 9.17) is 9.47 Å². The van der Waals surface area contributed by atoms with Crippen molar-refractivity contribution in [1.29, 1.82) is 0 Å². The second-order valence-electron chi connectivity index (χ2n) is 9.55. The van der Waals surface area contributed by atoms with Gasteiger partial charge in [-0.15, -0.1) is 0 Å². The van der Waals surface area contributed by atoms with Crippen LogP contribution >= 0.6 is 0 Å². The SMILES string of the molecule is COc1ccc(Oc2cccc(CN3CC4CN(C(=O)n5cc(N(C)C(C)=O)cn5)CC4C3)c2)cc1. The van der Waals surface area contributed by atoms with Crippen LogP contribution in [0.1, 0.15) is 12.5 Å². The summed E-state index contributed by atoms with van der Waals surface area (Å²) < 4.78 is 12.6. The molecule has 0 saturated carbocycles. The van der Waals surface area contributed by atoms with Gasteiger partial charge in [-0.3, -0.25) is 9.69 Å². The molecular weight excluding hydrogens is 458 g/mol. The third kappa shape index (κ3) is 5.06. The van der Waals surface area contributed by atoms with Crippen molar-refractivity contribution in [3.05, 3.63) is 66.5 Å². The highest BCUT2D eigenvalue weighted by molar-refractivity contribution is 5.91. The van der Waals surface area contributed by atoms with Crippen LogP contribution in [0.3, 0.4) is 0 Å². The van der Waals surface area contributed by atoms with Crippen LogP contribution in [-0.4, -0.2) is 71.9 Å². The fraction of sp³-hybridized carbons (Fsp3) is 0.370. The Hall–Kier alpha value is -3.85. The third-order valence-electron chi connectivity index (χ3n) is 7.06. The minimum absolute atomic E-state index is 0.101. The maximum absolute atomic E-state index is 13.0. The number of anilines is 1. The van der Waals surface area contributed by atoms with E-state index in [9.17, 15) is 9.59 Å². The monoisotopic (exact) mass is 489 g/mol. The van der Waals surface area contributed by atoms with E-state index in [1.165, 1.54) is 22.1 Å². The first kappa shape index (κ1) is 23.9. The molecule has 0 radical (unpaired) electrons. The zero-order valence-electron chi connectivity index (χ0n) is 20.8. The van der Waals surface area contributed by atoms with E-state index in [0.717, 1.165) is 50.0 Å². The van der Waals surface area contributed by atoms with E-state index in [-0.39, 0.29) is 11.9 Å². The molecule has 188 valence electrons. The summed E-state index contributed by atoms with van der Waals surface area (Å²) in [6.07, 6.45) is 3.16. The van der Waals surface area contributed by atoms with E-state index in [2.05, 4.69) is 22.1 Å². The van der Waals surface area contributed by atoms with Gasteiger partial charge in [0.15, 0.2) is 0 Å². The first-order chi connectivity index (χ1) is 17.4. The Morgan fingerprint density at radius 2 is 1.69 bits per heavy atom. The minimum Gasteiger partial charge on any atom is -0.497 e. The molecule has 5 rings (SSSR count). The third-order valence-corrected chi connectivity index (χ3v) is 7.06. The van der Waals surface area contributed by atoms with Crippen molar-refractivity contribution in [1.82, 2.24) is 19.6 Å². The fourth-order valence-corrected chi connectivity index (χ4v) is 5.04. The Morgan fingerprint density at radius 1 is 1.00 bits per heavy atom. The van der Waals surface area contributed by atoms with E-state index < -0.39 is 0 Å². The number of amides is 2. The van der Waals surface area contributed by atoms with Gasteiger partial charge in [0, 0.05) is 46.7 Å². The van der Waals surface area contributed by atoms with E-state index in [0.29, 0.717) is 17.5 Å². The molecule has 1 aromatic heterocycles. The van der Waals surface area contributed by atoms with Gasteiger partial charge in [-0.05, 0) is 53.8 Å². The van der Waals surface area contributed by atoms with Crippen LogP contribution in [0.2, 0.25) is 0 Å². The molecule has 0 spiro atoms. The smallest absolute Gasteiger partial charge is 0.344 e. The number of fused-ring (bicyclic) bond motifs is 1. The maximum atomic E-state index is 13.0. The predicted molar refractivity (Wildman–Crippen MR) is 135 cm³/mol. The number of carbonyl (C=O) groups is 2. The van der Waals surface area contributed by atoms with Crippen molar-refractivity contribution >= 4 is 17.6 Å². The molecule has 9 nitrogen and oxygen atoms in total. The molecule has 2 unspecified atom stereocenters. The molecule has 2 aliphatic heterocycles. The lowest BCUT2D eigenvalue weighted by atomic mass is 10.0. The summed E-state index contributed by atoms with van der Waals surface area (Å²) in [5.74, 6) is 3.17. The standard InChI is InChI=1S/C27H31N5O4/c1-19(33)29(2)23-12-28-32(18-23)27(34)31-16-21-14-30(15-22(21)17-31)13-20-5-4-6-26(11-20)36-25-9-7-24(35-3)8-10-25/h4-12,18,21-22H,13-17H2,1-3H3. The zero-order valence-corrected chi connectivity index (χ0v) is 20.8. The molecule has 0 aliphatic carbocycles. The summed E-state index contributed by atoms with van der Waals surface area (Å²) >= 11 is 0. The molecule has 2 aliphatic rings. The molecule has 36 heavy (non-hydrogen) atoms. The highest BCUT2D eigenvalue weighted by Gasteiger charge is 2.42. The van der Waals surface area contributed by atoms with Gasteiger partial charge in [0.25, 0.3) is 0 Å². The highest BCUT2D eigenvalue weighted by Crippen LogP contribution is 2.33. The van der Waals surface area contributed by atoms with Crippen LogP contribution in [0.15, 0.2) is 60.9 Å². The molecule has 9 heteroatoms. The Bertz CT molecular complexity index is 1230. The lowest BCUT2D eigenvalue weighted by Gasteiger charge is -2.21. The molecule has 3 heterocycles. The maximum Gasteiger partial charge on any atom is 0.344 e.